The van der Waals surface area contributed by atoms with E-state index in [0.717, 1.165) is 31.4 Å². The quantitative estimate of drug-likeness (QED) is 0.815. The van der Waals surface area contributed by atoms with Crippen LogP contribution in [0.1, 0.15) is 32.1 Å². The van der Waals surface area contributed by atoms with Crippen LogP contribution < -0.4 is 0 Å². The lowest BCUT2D eigenvalue weighted by molar-refractivity contribution is -0.141. The molecule has 2 amide bonds. The highest BCUT2D eigenvalue weighted by Crippen LogP contribution is 2.25. The molecule has 2 fully saturated rings. The number of carboxylic acids is 1. The molecule has 2 N–H and O–H groups in total. The van der Waals surface area contributed by atoms with Crippen molar-refractivity contribution in [1.82, 2.24) is 9.80 Å². The summed E-state index contributed by atoms with van der Waals surface area (Å²) in [5.74, 6) is 0.273. The van der Waals surface area contributed by atoms with Crippen LogP contribution in [0.15, 0.2) is 0 Å². The fourth-order valence-electron chi connectivity index (χ4n) is 3.14. The lowest BCUT2D eigenvalue weighted by atomic mass is 9.94. The number of carboxylic acid groups (broad SMARTS) is 1. The van der Waals surface area contributed by atoms with E-state index in [-0.39, 0.29) is 18.7 Å². The molecule has 7 heteroatoms. The average Bonchev–Trinajstić information content (AvgIpc) is 2.52. The standard InChI is InChI=1S/C14H24N2O4S/c17-8-6-15(11-4-2-1-3-5-11)14(20)16-7-9-21-10-12(16)13(18)19/h11-12,17H,1-10H2,(H,18,19). The molecule has 0 aromatic carbocycles. The van der Waals surface area contributed by atoms with E-state index < -0.39 is 12.0 Å². The molecule has 1 heterocycles. The lowest BCUT2D eigenvalue weighted by Crippen LogP contribution is -2.57. The predicted octanol–water partition coefficient (Wildman–Crippen LogP) is 1.24. The smallest absolute Gasteiger partial charge is 0.327 e. The number of amides is 2. The number of hydrogen-bond acceptors (Lipinski definition) is 4. The molecule has 1 atom stereocenters. The highest BCUT2D eigenvalue weighted by Gasteiger charge is 2.36. The first-order chi connectivity index (χ1) is 10.1. The van der Waals surface area contributed by atoms with Gasteiger partial charge in [0.1, 0.15) is 6.04 Å². The minimum atomic E-state index is -0.942. The summed E-state index contributed by atoms with van der Waals surface area (Å²) in [6.07, 6.45) is 5.28. The molecule has 2 aliphatic rings. The first-order valence-electron chi connectivity index (χ1n) is 7.63. The van der Waals surface area contributed by atoms with E-state index in [2.05, 4.69) is 0 Å². The summed E-state index contributed by atoms with van der Waals surface area (Å²) in [7, 11) is 0. The summed E-state index contributed by atoms with van der Waals surface area (Å²) < 4.78 is 0. The van der Waals surface area contributed by atoms with Crippen molar-refractivity contribution in [3.63, 3.8) is 0 Å². The Balaban J connectivity index is 2.09. The first-order valence-corrected chi connectivity index (χ1v) is 8.79. The summed E-state index contributed by atoms with van der Waals surface area (Å²) in [4.78, 5) is 27.3. The number of rotatable bonds is 4. The molecular formula is C14H24N2O4S. The summed E-state index contributed by atoms with van der Waals surface area (Å²) >= 11 is 1.57. The van der Waals surface area contributed by atoms with Gasteiger partial charge >= 0.3 is 12.0 Å². The maximum atomic E-state index is 12.8. The number of thioether (sulfide) groups is 1. The van der Waals surface area contributed by atoms with Crippen molar-refractivity contribution in [3.8, 4) is 0 Å². The Hall–Kier alpha value is -0.950. The van der Waals surface area contributed by atoms with Crippen LogP contribution in [-0.4, -0.2) is 75.3 Å². The van der Waals surface area contributed by atoms with Crippen molar-refractivity contribution in [2.24, 2.45) is 0 Å². The normalized spacial score (nSPS) is 23.9. The van der Waals surface area contributed by atoms with Crippen molar-refractivity contribution >= 4 is 23.8 Å². The Labute approximate surface area is 129 Å². The lowest BCUT2D eigenvalue weighted by Gasteiger charge is -2.40. The van der Waals surface area contributed by atoms with E-state index in [4.69, 9.17) is 0 Å². The second-order valence-corrected chi connectivity index (χ2v) is 6.76. The van der Waals surface area contributed by atoms with Crippen LogP contribution in [0.5, 0.6) is 0 Å². The average molecular weight is 316 g/mol. The molecule has 6 nitrogen and oxygen atoms in total. The van der Waals surface area contributed by atoms with Gasteiger partial charge in [-0.1, -0.05) is 19.3 Å². The minimum absolute atomic E-state index is 0.0808. The molecule has 1 saturated heterocycles. The van der Waals surface area contributed by atoms with Gasteiger partial charge in [-0.15, -0.1) is 0 Å². The number of aliphatic hydroxyl groups is 1. The molecule has 0 aromatic rings. The highest BCUT2D eigenvalue weighted by atomic mass is 32.2. The Morgan fingerprint density at radius 3 is 2.57 bits per heavy atom. The number of urea groups is 1. The van der Waals surface area contributed by atoms with Gasteiger partial charge in [-0.2, -0.15) is 11.8 Å². The molecule has 2 rings (SSSR count). The molecular weight excluding hydrogens is 292 g/mol. The fraction of sp³-hybridized carbons (Fsp3) is 0.857. The Morgan fingerprint density at radius 2 is 1.95 bits per heavy atom. The van der Waals surface area contributed by atoms with Crippen molar-refractivity contribution in [1.29, 1.82) is 0 Å². The maximum Gasteiger partial charge on any atom is 0.327 e. The van der Waals surface area contributed by atoms with E-state index in [1.165, 1.54) is 11.3 Å². The van der Waals surface area contributed by atoms with E-state index in [1.54, 1.807) is 16.7 Å². The Morgan fingerprint density at radius 1 is 1.24 bits per heavy atom. The van der Waals surface area contributed by atoms with Crippen LogP contribution in [0.2, 0.25) is 0 Å². The van der Waals surface area contributed by atoms with Gasteiger partial charge in [-0.3, -0.25) is 0 Å². The summed E-state index contributed by atoms with van der Waals surface area (Å²) in [6, 6.07) is -0.827. The molecule has 0 spiro atoms. The highest BCUT2D eigenvalue weighted by molar-refractivity contribution is 7.99. The third-order valence-electron chi connectivity index (χ3n) is 4.26. The number of carbonyl (C=O) groups is 2. The molecule has 21 heavy (non-hydrogen) atoms. The van der Waals surface area contributed by atoms with Gasteiger partial charge in [0, 0.05) is 30.6 Å². The van der Waals surface area contributed by atoms with Gasteiger partial charge < -0.3 is 20.0 Å². The zero-order chi connectivity index (χ0) is 15.2. The largest absolute Gasteiger partial charge is 0.480 e. The van der Waals surface area contributed by atoms with Crippen LogP contribution in [0.3, 0.4) is 0 Å². The molecule has 0 radical (unpaired) electrons. The van der Waals surface area contributed by atoms with Gasteiger partial charge in [-0.05, 0) is 12.8 Å². The van der Waals surface area contributed by atoms with Crippen molar-refractivity contribution in [2.75, 3.05) is 31.2 Å². The number of aliphatic carboxylic acids is 1. The van der Waals surface area contributed by atoms with E-state index in [0.29, 0.717) is 18.8 Å². The molecule has 0 aromatic heterocycles. The zero-order valence-electron chi connectivity index (χ0n) is 12.2. The van der Waals surface area contributed by atoms with E-state index in [9.17, 15) is 19.8 Å². The van der Waals surface area contributed by atoms with Gasteiger partial charge in [-0.25, -0.2) is 9.59 Å². The summed E-state index contributed by atoms with van der Waals surface area (Å²) in [5, 5.41) is 18.6. The van der Waals surface area contributed by atoms with Crippen LogP contribution in [0, 0.1) is 0 Å². The number of aliphatic hydroxyl groups excluding tert-OH is 1. The minimum Gasteiger partial charge on any atom is -0.480 e. The molecule has 120 valence electrons. The molecule has 1 aliphatic heterocycles. The molecule has 1 aliphatic carbocycles. The van der Waals surface area contributed by atoms with E-state index >= 15 is 0 Å². The molecule has 1 unspecified atom stereocenters. The molecule has 0 bridgehead atoms. The predicted molar refractivity (Wildman–Crippen MR) is 81.5 cm³/mol. The van der Waals surface area contributed by atoms with Crippen molar-refractivity contribution in [3.05, 3.63) is 0 Å². The number of hydrogen-bond donors (Lipinski definition) is 2. The zero-order valence-corrected chi connectivity index (χ0v) is 13.1. The van der Waals surface area contributed by atoms with Gasteiger partial charge in [0.25, 0.3) is 0 Å². The fourth-order valence-corrected chi connectivity index (χ4v) is 4.18. The first kappa shape index (κ1) is 16.4. The Bertz CT molecular complexity index is 374. The van der Waals surface area contributed by atoms with Crippen molar-refractivity contribution in [2.45, 2.75) is 44.2 Å². The van der Waals surface area contributed by atoms with Crippen LogP contribution in [0.25, 0.3) is 0 Å². The van der Waals surface area contributed by atoms with Crippen LogP contribution in [0.4, 0.5) is 4.79 Å². The number of carbonyl (C=O) groups excluding carboxylic acids is 1. The Kier molecular flexibility index (Phi) is 6.17. The van der Waals surface area contributed by atoms with Crippen LogP contribution in [-0.2, 0) is 4.79 Å². The topological polar surface area (TPSA) is 81.1 Å². The third kappa shape index (κ3) is 4.03. The number of nitrogens with zero attached hydrogens (tertiary/aromatic N) is 2. The van der Waals surface area contributed by atoms with Crippen molar-refractivity contribution < 1.29 is 19.8 Å². The van der Waals surface area contributed by atoms with Crippen LogP contribution >= 0.6 is 11.8 Å². The van der Waals surface area contributed by atoms with Gasteiger partial charge in [0.15, 0.2) is 0 Å². The van der Waals surface area contributed by atoms with Gasteiger partial charge in [0.2, 0.25) is 0 Å². The van der Waals surface area contributed by atoms with E-state index in [1.807, 2.05) is 0 Å². The SMILES string of the molecule is O=C(O)C1CSCCN1C(=O)N(CCO)C1CCCCC1. The monoisotopic (exact) mass is 316 g/mol. The summed E-state index contributed by atoms with van der Waals surface area (Å²) in [6.45, 7) is 0.678. The third-order valence-corrected chi connectivity index (χ3v) is 5.28. The van der Waals surface area contributed by atoms with Gasteiger partial charge in [0.05, 0.1) is 6.61 Å². The maximum absolute atomic E-state index is 12.8. The second-order valence-electron chi connectivity index (χ2n) is 5.61. The molecule has 1 saturated carbocycles. The summed E-state index contributed by atoms with van der Waals surface area (Å²) in [5.41, 5.74) is 0. The second kappa shape index (κ2) is 7.89.